The van der Waals surface area contributed by atoms with E-state index in [2.05, 4.69) is 9.71 Å². The van der Waals surface area contributed by atoms with E-state index in [0.29, 0.717) is 23.9 Å². The van der Waals surface area contributed by atoms with E-state index in [-0.39, 0.29) is 0 Å². The second kappa shape index (κ2) is 8.31. The maximum Gasteiger partial charge on any atom is 0.229 e. The zero-order chi connectivity index (χ0) is 20.1. The van der Waals surface area contributed by atoms with Crippen LogP contribution in [-0.2, 0) is 16.6 Å². The van der Waals surface area contributed by atoms with E-state index in [1.165, 1.54) is 5.56 Å². The van der Waals surface area contributed by atoms with Gasteiger partial charge in [0.25, 0.3) is 0 Å². The maximum atomic E-state index is 11.3. The third kappa shape index (κ3) is 5.72. The van der Waals surface area contributed by atoms with Crippen molar-refractivity contribution in [3.05, 3.63) is 77.5 Å². The monoisotopic (exact) mass is 398 g/mol. The zero-order valence-corrected chi connectivity index (χ0v) is 16.8. The second-order valence-electron chi connectivity index (χ2n) is 6.56. The van der Waals surface area contributed by atoms with Gasteiger partial charge in [0.05, 0.1) is 6.26 Å². The first-order chi connectivity index (χ1) is 13.3. The van der Waals surface area contributed by atoms with Crippen LogP contribution in [0, 0.1) is 13.8 Å². The molecule has 0 atom stereocenters. The van der Waals surface area contributed by atoms with Crippen molar-refractivity contribution in [3.8, 4) is 17.4 Å². The van der Waals surface area contributed by atoms with Gasteiger partial charge in [0.2, 0.25) is 15.9 Å². The Balaban J connectivity index is 1.61. The fourth-order valence-corrected chi connectivity index (χ4v) is 3.07. The van der Waals surface area contributed by atoms with E-state index in [1.807, 2.05) is 44.2 Å². The van der Waals surface area contributed by atoms with Crippen LogP contribution in [0.2, 0.25) is 0 Å². The Kier molecular flexibility index (Phi) is 5.84. The maximum absolute atomic E-state index is 11.3. The van der Waals surface area contributed by atoms with Crippen LogP contribution in [-0.4, -0.2) is 19.7 Å². The van der Waals surface area contributed by atoms with Gasteiger partial charge in [-0.05, 0) is 55.8 Å². The summed E-state index contributed by atoms with van der Waals surface area (Å²) in [7, 11) is -3.31. The number of aryl methyl sites for hydroxylation is 2. The van der Waals surface area contributed by atoms with Gasteiger partial charge in [0, 0.05) is 23.5 Å². The number of sulfonamides is 1. The molecule has 1 N–H and O–H groups in total. The summed E-state index contributed by atoms with van der Waals surface area (Å²) >= 11 is 0. The first-order valence-electron chi connectivity index (χ1n) is 8.69. The van der Waals surface area contributed by atoms with Crippen LogP contribution in [0.5, 0.6) is 17.4 Å². The van der Waals surface area contributed by atoms with Gasteiger partial charge in [-0.3, -0.25) is 4.72 Å². The lowest BCUT2D eigenvalue weighted by atomic mass is 10.2. The van der Waals surface area contributed by atoms with Crippen molar-refractivity contribution in [1.82, 2.24) is 4.98 Å². The number of anilines is 1. The summed E-state index contributed by atoms with van der Waals surface area (Å²) in [5.74, 6) is 1.87. The number of pyridine rings is 1. The van der Waals surface area contributed by atoms with Crippen LogP contribution in [0.4, 0.5) is 5.69 Å². The molecule has 0 radical (unpaired) electrons. The highest BCUT2D eigenvalue weighted by Crippen LogP contribution is 2.26. The summed E-state index contributed by atoms with van der Waals surface area (Å²) in [4.78, 5) is 4.31. The number of rotatable bonds is 7. The Morgan fingerprint density at radius 3 is 2.36 bits per heavy atom. The van der Waals surface area contributed by atoms with Gasteiger partial charge in [-0.2, -0.15) is 0 Å². The number of nitrogens with one attached hydrogen (secondary N) is 1. The van der Waals surface area contributed by atoms with E-state index in [0.717, 1.165) is 23.1 Å². The quantitative estimate of drug-likeness (QED) is 0.637. The molecule has 146 valence electrons. The summed E-state index contributed by atoms with van der Waals surface area (Å²) in [6, 6.07) is 16.6. The summed E-state index contributed by atoms with van der Waals surface area (Å²) in [6.45, 7) is 4.29. The molecule has 0 aliphatic heterocycles. The van der Waals surface area contributed by atoms with E-state index in [4.69, 9.17) is 9.47 Å². The van der Waals surface area contributed by atoms with Crippen molar-refractivity contribution in [2.24, 2.45) is 0 Å². The van der Waals surface area contributed by atoms with E-state index >= 15 is 0 Å². The van der Waals surface area contributed by atoms with Gasteiger partial charge in [0.1, 0.15) is 18.1 Å². The van der Waals surface area contributed by atoms with Crippen molar-refractivity contribution in [2.75, 3.05) is 11.0 Å². The molecule has 0 fully saturated rings. The highest BCUT2D eigenvalue weighted by molar-refractivity contribution is 7.92. The molecule has 1 heterocycles. The van der Waals surface area contributed by atoms with Crippen LogP contribution in [0.15, 0.2) is 60.8 Å². The topological polar surface area (TPSA) is 77.5 Å². The molecule has 1 aromatic heterocycles. The summed E-state index contributed by atoms with van der Waals surface area (Å²) in [5.41, 5.74) is 3.40. The van der Waals surface area contributed by atoms with Crippen molar-refractivity contribution < 1.29 is 17.9 Å². The minimum Gasteiger partial charge on any atom is -0.489 e. The van der Waals surface area contributed by atoms with Gasteiger partial charge in [0.15, 0.2) is 0 Å². The average molecular weight is 398 g/mol. The smallest absolute Gasteiger partial charge is 0.229 e. The Labute approximate surface area is 165 Å². The van der Waals surface area contributed by atoms with Crippen LogP contribution >= 0.6 is 0 Å². The summed E-state index contributed by atoms with van der Waals surface area (Å²) in [6.07, 6.45) is 2.82. The largest absolute Gasteiger partial charge is 0.489 e. The van der Waals surface area contributed by atoms with Gasteiger partial charge >= 0.3 is 0 Å². The molecule has 0 bridgehead atoms. The average Bonchev–Trinajstić information content (AvgIpc) is 2.63. The molecule has 3 aromatic rings. The molecule has 0 saturated carbocycles. The third-order valence-electron chi connectivity index (χ3n) is 3.92. The lowest BCUT2D eigenvalue weighted by Crippen LogP contribution is -2.09. The first-order valence-corrected chi connectivity index (χ1v) is 10.6. The Morgan fingerprint density at radius 2 is 1.75 bits per heavy atom. The molecule has 0 spiro atoms. The number of benzene rings is 2. The van der Waals surface area contributed by atoms with Gasteiger partial charge in [-0.25, -0.2) is 13.4 Å². The minimum atomic E-state index is -3.31. The first kappa shape index (κ1) is 19.7. The van der Waals surface area contributed by atoms with Crippen molar-refractivity contribution >= 4 is 15.7 Å². The summed E-state index contributed by atoms with van der Waals surface area (Å²) < 4.78 is 36.6. The van der Waals surface area contributed by atoms with Crippen molar-refractivity contribution in [2.45, 2.75) is 20.5 Å². The molecule has 7 heteroatoms. The molecule has 6 nitrogen and oxygen atoms in total. The molecular weight excluding hydrogens is 376 g/mol. The fraction of sp³-hybridized carbons (Fsp3) is 0.190. The predicted molar refractivity (Wildman–Crippen MR) is 109 cm³/mol. The minimum absolute atomic E-state index is 0.418. The SMILES string of the molecule is Cc1ccc(OCc2ccc(Oc3ccc(NS(C)(=O)=O)cc3C)nc2)cc1. The molecule has 0 aliphatic carbocycles. The third-order valence-corrected chi connectivity index (χ3v) is 4.52. The molecule has 0 unspecified atom stereocenters. The number of aromatic nitrogens is 1. The molecule has 0 saturated heterocycles. The predicted octanol–water partition coefficient (Wildman–Crippen LogP) is 4.44. The molecular formula is C21H22N2O4S. The van der Waals surface area contributed by atoms with Gasteiger partial charge < -0.3 is 9.47 Å². The Morgan fingerprint density at radius 1 is 1.00 bits per heavy atom. The lowest BCUT2D eigenvalue weighted by molar-refractivity contribution is 0.305. The van der Waals surface area contributed by atoms with E-state index in [9.17, 15) is 8.42 Å². The molecule has 0 aliphatic rings. The highest BCUT2D eigenvalue weighted by atomic mass is 32.2. The number of hydrogen-bond donors (Lipinski definition) is 1. The van der Waals surface area contributed by atoms with Crippen molar-refractivity contribution in [3.63, 3.8) is 0 Å². The Bertz CT molecular complexity index is 1050. The van der Waals surface area contributed by atoms with Gasteiger partial charge in [-0.1, -0.05) is 17.7 Å². The highest BCUT2D eigenvalue weighted by Gasteiger charge is 2.07. The molecule has 0 amide bonds. The van der Waals surface area contributed by atoms with Crippen LogP contribution < -0.4 is 14.2 Å². The van der Waals surface area contributed by atoms with E-state index in [1.54, 1.807) is 30.5 Å². The Hall–Kier alpha value is -3.06. The van der Waals surface area contributed by atoms with Crippen LogP contribution in [0.1, 0.15) is 16.7 Å². The lowest BCUT2D eigenvalue weighted by Gasteiger charge is -2.11. The second-order valence-corrected chi connectivity index (χ2v) is 8.31. The number of ether oxygens (including phenoxy) is 2. The number of nitrogens with zero attached hydrogens (tertiary/aromatic N) is 1. The molecule has 3 rings (SSSR count). The van der Waals surface area contributed by atoms with Crippen LogP contribution in [0.3, 0.4) is 0 Å². The molecule has 2 aromatic carbocycles. The van der Waals surface area contributed by atoms with Crippen LogP contribution in [0.25, 0.3) is 0 Å². The van der Waals surface area contributed by atoms with E-state index < -0.39 is 10.0 Å². The molecule has 28 heavy (non-hydrogen) atoms. The summed E-state index contributed by atoms with van der Waals surface area (Å²) in [5, 5.41) is 0. The standard InChI is InChI=1S/C21H22N2O4S/c1-15-4-8-19(9-5-15)26-14-17-6-11-21(22-13-17)27-20-10-7-18(12-16(20)2)23-28(3,24)25/h4-13,23H,14H2,1-3H3. The normalized spacial score (nSPS) is 11.1. The van der Waals surface area contributed by atoms with Gasteiger partial charge in [-0.15, -0.1) is 0 Å². The number of hydrogen-bond acceptors (Lipinski definition) is 5. The van der Waals surface area contributed by atoms with Crippen molar-refractivity contribution in [1.29, 1.82) is 0 Å². The zero-order valence-electron chi connectivity index (χ0n) is 16.0. The fourth-order valence-electron chi connectivity index (χ4n) is 2.51.